The smallest absolute Gasteiger partial charge is 0.328 e. The van der Waals surface area contributed by atoms with Gasteiger partial charge in [0.1, 0.15) is 0 Å². The number of rotatable bonds is 4. The summed E-state index contributed by atoms with van der Waals surface area (Å²) in [6.45, 7) is 6.04. The van der Waals surface area contributed by atoms with Crippen LogP contribution in [0, 0.1) is 11.2 Å². The summed E-state index contributed by atoms with van der Waals surface area (Å²) in [5, 5.41) is 19.1. The highest BCUT2D eigenvalue weighted by molar-refractivity contribution is 7.15. The minimum absolute atomic E-state index is 0.126. The van der Waals surface area contributed by atoms with Crippen molar-refractivity contribution in [1.29, 1.82) is 0 Å². The molecule has 1 aliphatic heterocycles. The third-order valence-electron chi connectivity index (χ3n) is 4.00. The Labute approximate surface area is 155 Å². The molecule has 1 aromatic heterocycles. The average Bonchev–Trinajstić information content (AvgIpc) is 3.10. The molecule has 26 heavy (non-hydrogen) atoms. The fourth-order valence-corrected chi connectivity index (χ4v) is 3.78. The van der Waals surface area contributed by atoms with Crippen LogP contribution in [0.5, 0.6) is 5.75 Å². The number of hydrogen-bond acceptors (Lipinski definition) is 6. The van der Waals surface area contributed by atoms with E-state index in [1.54, 1.807) is 25.2 Å². The first-order valence-corrected chi connectivity index (χ1v) is 8.97. The van der Waals surface area contributed by atoms with Crippen LogP contribution in [0.15, 0.2) is 24.3 Å². The van der Waals surface area contributed by atoms with Crippen molar-refractivity contribution in [3.63, 3.8) is 0 Å². The lowest BCUT2D eigenvalue weighted by atomic mass is 9.89. The van der Waals surface area contributed by atoms with Gasteiger partial charge in [-0.15, -0.1) is 10.2 Å². The van der Waals surface area contributed by atoms with E-state index in [2.05, 4.69) is 10.2 Å². The summed E-state index contributed by atoms with van der Waals surface area (Å²) in [7, 11) is 1.60. The standard InChI is InChI=1S/C17H21FN4O3S/c1-17(2,3)13(25-11-8-6-5-7-10(11)18)14-19-20-15(26-14)22-12(23)9-21(4)16(22)24/h5-8,12-13,23H,9H2,1-4H3. The van der Waals surface area contributed by atoms with Crippen LogP contribution >= 0.6 is 11.3 Å². The first-order valence-electron chi connectivity index (χ1n) is 8.15. The van der Waals surface area contributed by atoms with Crippen molar-refractivity contribution in [3.8, 4) is 5.75 Å². The molecule has 1 saturated heterocycles. The van der Waals surface area contributed by atoms with Crippen LogP contribution in [0.25, 0.3) is 0 Å². The van der Waals surface area contributed by atoms with Gasteiger partial charge in [0.25, 0.3) is 0 Å². The summed E-state index contributed by atoms with van der Waals surface area (Å²) in [5.41, 5.74) is -0.399. The second-order valence-corrected chi connectivity index (χ2v) is 8.22. The fourth-order valence-electron chi connectivity index (χ4n) is 2.62. The number of halogens is 1. The van der Waals surface area contributed by atoms with Crippen LogP contribution in [0.4, 0.5) is 14.3 Å². The highest BCUT2D eigenvalue weighted by atomic mass is 32.1. The van der Waals surface area contributed by atoms with Crippen molar-refractivity contribution in [2.75, 3.05) is 18.5 Å². The lowest BCUT2D eigenvalue weighted by molar-refractivity contribution is 0.0817. The predicted octanol–water partition coefficient (Wildman–Crippen LogP) is 3.03. The van der Waals surface area contributed by atoms with E-state index in [4.69, 9.17) is 4.74 Å². The monoisotopic (exact) mass is 380 g/mol. The number of urea groups is 1. The number of aliphatic hydroxyl groups is 1. The van der Waals surface area contributed by atoms with Gasteiger partial charge in [-0.2, -0.15) is 0 Å². The van der Waals surface area contributed by atoms with Gasteiger partial charge >= 0.3 is 6.03 Å². The highest BCUT2D eigenvalue weighted by Crippen LogP contribution is 2.40. The van der Waals surface area contributed by atoms with Crippen LogP contribution < -0.4 is 9.64 Å². The normalized spacial score (nSPS) is 19.2. The molecule has 2 amide bonds. The van der Waals surface area contributed by atoms with Crippen LogP contribution in [0.3, 0.4) is 0 Å². The number of β-amino-alcohol motifs (C(OH)–C–C–N with tert-alkyl or cyclic N) is 1. The Morgan fingerprint density at radius 1 is 1.35 bits per heavy atom. The van der Waals surface area contributed by atoms with Crippen LogP contribution in [0.2, 0.25) is 0 Å². The van der Waals surface area contributed by atoms with Gasteiger partial charge in [-0.05, 0) is 12.1 Å². The minimum atomic E-state index is -0.978. The van der Waals surface area contributed by atoms with Crippen molar-refractivity contribution < 1.29 is 19.0 Å². The number of anilines is 1. The number of para-hydroxylation sites is 1. The molecule has 0 bridgehead atoms. The first-order chi connectivity index (χ1) is 12.2. The number of carbonyl (C=O) groups excluding carboxylic acids is 1. The Balaban J connectivity index is 1.91. The summed E-state index contributed by atoms with van der Waals surface area (Å²) in [4.78, 5) is 14.8. The number of aromatic nitrogens is 2. The molecule has 0 saturated carbocycles. The SMILES string of the molecule is CN1CC(O)N(c2nnc(C(Oc3ccccc3F)C(C)(C)C)s2)C1=O. The van der Waals surface area contributed by atoms with Gasteiger partial charge in [0.2, 0.25) is 5.13 Å². The van der Waals surface area contributed by atoms with E-state index in [1.165, 1.54) is 15.9 Å². The van der Waals surface area contributed by atoms with E-state index in [-0.39, 0.29) is 23.5 Å². The predicted molar refractivity (Wildman–Crippen MR) is 95.6 cm³/mol. The molecule has 3 rings (SSSR count). The Hall–Kier alpha value is -2.26. The lowest BCUT2D eigenvalue weighted by Gasteiger charge is -2.29. The van der Waals surface area contributed by atoms with Crippen LogP contribution in [0.1, 0.15) is 31.9 Å². The quantitative estimate of drug-likeness (QED) is 0.882. The zero-order valence-electron chi connectivity index (χ0n) is 15.0. The summed E-state index contributed by atoms with van der Waals surface area (Å²) < 4.78 is 19.9. The molecule has 1 N–H and O–H groups in total. The van der Waals surface area contributed by atoms with Gasteiger partial charge in [-0.3, -0.25) is 0 Å². The second kappa shape index (κ2) is 6.81. The van der Waals surface area contributed by atoms with E-state index in [0.29, 0.717) is 5.01 Å². The maximum Gasteiger partial charge on any atom is 0.328 e. The Morgan fingerprint density at radius 3 is 2.62 bits per heavy atom. The van der Waals surface area contributed by atoms with Crippen LogP contribution in [-0.2, 0) is 0 Å². The van der Waals surface area contributed by atoms with Crippen molar-refractivity contribution in [2.24, 2.45) is 5.41 Å². The molecule has 1 aromatic carbocycles. The average molecular weight is 380 g/mol. The maximum absolute atomic E-state index is 14.0. The number of hydrogen-bond donors (Lipinski definition) is 1. The molecule has 1 aliphatic rings. The fraction of sp³-hybridized carbons (Fsp3) is 0.471. The Morgan fingerprint density at radius 2 is 2.04 bits per heavy atom. The third kappa shape index (κ3) is 3.49. The first kappa shape index (κ1) is 18.5. The van der Waals surface area contributed by atoms with Gasteiger partial charge in [-0.1, -0.05) is 44.2 Å². The molecule has 0 radical (unpaired) electrons. The van der Waals surface area contributed by atoms with Crippen molar-refractivity contribution in [3.05, 3.63) is 35.1 Å². The number of nitrogens with zero attached hydrogens (tertiary/aromatic N) is 4. The molecule has 2 atom stereocenters. The lowest BCUT2D eigenvalue weighted by Crippen LogP contribution is -2.34. The van der Waals surface area contributed by atoms with E-state index in [9.17, 15) is 14.3 Å². The molecule has 0 aliphatic carbocycles. The minimum Gasteiger partial charge on any atom is -0.480 e. The van der Waals surface area contributed by atoms with Crippen LogP contribution in [-0.4, -0.2) is 46.1 Å². The number of carbonyl (C=O) groups is 1. The number of amides is 2. The summed E-state index contributed by atoms with van der Waals surface area (Å²) in [6, 6.07) is 5.82. The number of benzene rings is 1. The summed E-state index contributed by atoms with van der Waals surface area (Å²) in [5.74, 6) is -0.334. The van der Waals surface area contributed by atoms with E-state index in [0.717, 1.165) is 11.3 Å². The molecule has 0 spiro atoms. The van der Waals surface area contributed by atoms with E-state index < -0.39 is 23.6 Å². The van der Waals surface area contributed by atoms with Crippen molar-refractivity contribution >= 4 is 22.5 Å². The number of ether oxygens (including phenoxy) is 1. The summed E-state index contributed by atoms with van der Waals surface area (Å²) in [6.07, 6.45) is -1.55. The van der Waals surface area contributed by atoms with Gasteiger partial charge in [-0.25, -0.2) is 14.1 Å². The summed E-state index contributed by atoms with van der Waals surface area (Å²) >= 11 is 1.15. The van der Waals surface area contributed by atoms with E-state index in [1.807, 2.05) is 20.8 Å². The van der Waals surface area contributed by atoms with E-state index >= 15 is 0 Å². The molecule has 7 nitrogen and oxygen atoms in total. The Kier molecular flexibility index (Phi) is 4.85. The molecular weight excluding hydrogens is 359 g/mol. The molecule has 140 valence electrons. The Bertz CT molecular complexity index is 807. The highest BCUT2D eigenvalue weighted by Gasteiger charge is 2.39. The van der Waals surface area contributed by atoms with Crippen molar-refractivity contribution in [2.45, 2.75) is 33.1 Å². The molecular formula is C17H21FN4O3S. The maximum atomic E-state index is 14.0. The van der Waals surface area contributed by atoms with Gasteiger partial charge in [0.05, 0.1) is 6.54 Å². The largest absolute Gasteiger partial charge is 0.480 e. The molecule has 1 fully saturated rings. The molecule has 2 unspecified atom stereocenters. The third-order valence-corrected chi connectivity index (χ3v) is 4.96. The van der Waals surface area contributed by atoms with Gasteiger partial charge in [0, 0.05) is 12.5 Å². The number of likely N-dealkylation sites (N-methyl/N-ethyl adjacent to an activating group) is 1. The molecule has 2 aromatic rings. The molecule has 2 heterocycles. The number of aliphatic hydroxyl groups excluding tert-OH is 1. The zero-order valence-corrected chi connectivity index (χ0v) is 15.8. The van der Waals surface area contributed by atoms with Gasteiger partial charge < -0.3 is 14.7 Å². The topological polar surface area (TPSA) is 78.8 Å². The zero-order chi connectivity index (χ0) is 19.1. The van der Waals surface area contributed by atoms with Crippen molar-refractivity contribution in [1.82, 2.24) is 15.1 Å². The molecule has 9 heteroatoms. The second-order valence-electron chi connectivity index (χ2n) is 7.23. The van der Waals surface area contributed by atoms with Gasteiger partial charge in [0.15, 0.2) is 28.9 Å².